The maximum atomic E-state index is 13.8. The molecule has 3 N–H and O–H groups in total. The van der Waals surface area contributed by atoms with E-state index < -0.39 is 0 Å². The summed E-state index contributed by atoms with van der Waals surface area (Å²) in [6, 6.07) is 7.48. The standard InChI is InChI=1S/C27H35N3O3S/c1-16-7-5-6-8-19(16)24(32)29-25-22(26(33)30-13-11-17(12-14-30)23(28)31)20-10-9-18(27(2,3)4)15-21(20)34-25/h5-8,17-18H,9-15H2,1-4H3,(H2,28,31)(H,29,32). The summed E-state index contributed by atoms with van der Waals surface area (Å²) < 4.78 is 0. The van der Waals surface area contributed by atoms with Crippen LogP contribution in [0.15, 0.2) is 24.3 Å². The number of carbonyl (C=O) groups is 3. The third-order valence-electron chi connectivity index (χ3n) is 7.51. The normalized spacial score (nSPS) is 18.9. The number of hydrogen-bond donors (Lipinski definition) is 2. The number of primary amides is 1. The van der Waals surface area contributed by atoms with E-state index >= 15 is 0 Å². The van der Waals surface area contributed by atoms with E-state index in [-0.39, 0.29) is 29.1 Å². The van der Waals surface area contributed by atoms with Crippen LogP contribution in [-0.4, -0.2) is 35.7 Å². The molecule has 2 heterocycles. The van der Waals surface area contributed by atoms with Crippen LogP contribution >= 0.6 is 11.3 Å². The maximum Gasteiger partial charge on any atom is 0.257 e. The zero-order chi connectivity index (χ0) is 24.6. The number of nitrogens with one attached hydrogen (secondary N) is 1. The van der Waals surface area contributed by atoms with E-state index in [1.54, 1.807) is 11.3 Å². The van der Waals surface area contributed by atoms with Gasteiger partial charge in [0, 0.05) is 29.4 Å². The lowest BCUT2D eigenvalue weighted by molar-refractivity contribution is -0.123. The number of likely N-dealkylation sites (tertiary alicyclic amines) is 1. The molecule has 0 bridgehead atoms. The van der Waals surface area contributed by atoms with Crippen LogP contribution in [0, 0.1) is 24.2 Å². The van der Waals surface area contributed by atoms with Crippen molar-refractivity contribution in [2.75, 3.05) is 18.4 Å². The van der Waals surface area contributed by atoms with Crippen molar-refractivity contribution < 1.29 is 14.4 Å². The molecule has 7 heteroatoms. The maximum absolute atomic E-state index is 13.8. The Hall–Kier alpha value is -2.67. The summed E-state index contributed by atoms with van der Waals surface area (Å²) >= 11 is 1.55. The van der Waals surface area contributed by atoms with E-state index in [1.165, 1.54) is 4.88 Å². The van der Waals surface area contributed by atoms with Gasteiger partial charge in [-0.2, -0.15) is 0 Å². The summed E-state index contributed by atoms with van der Waals surface area (Å²) in [6.45, 7) is 9.74. The molecule has 1 fully saturated rings. The monoisotopic (exact) mass is 481 g/mol. The molecule has 34 heavy (non-hydrogen) atoms. The highest BCUT2D eigenvalue weighted by molar-refractivity contribution is 7.17. The second-order valence-electron chi connectivity index (χ2n) is 10.8. The molecule has 0 spiro atoms. The highest BCUT2D eigenvalue weighted by Gasteiger charge is 2.36. The second-order valence-corrected chi connectivity index (χ2v) is 11.9. The van der Waals surface area contributed by atoms with Crippen molar-refractivity contribution in [1.82, 2.24) is 4.90 Å². The quantitative estimate of drug-likeness (QED) is 0.657. The number of hydrogen-bond acceptors (Lipinski definition) is 4. The Kier molecular flexibility index (Phi) is 6.85. The average Bonchev–Trinajstić information content (AvgIpc) is 3.15. The molecule has 1 saturated heterocycles. The minimum Gasteiger partial charge on any atom is -0.369 e. The van der Waals surface area contributed by atoms with Crippen molar-refractivity contribution in [3.05, 3.63) is 51.4 Å². The number of fused-ring (bicyclic) bond motifs is 1. The Morgan fingerprint density at radius 2 is 1.76 bits per heavy atom. The van der Waals surface area contributed by atoms with Crippen molar-refractivity contribution in [2.24, 2.45) is 23.0 Å². The highest BCUT2D eigenvalue weighted by atomic mass is 32.1. The smallest absolute Gasteiger partial charge is 0.257 e. The fourth-order valence-electron chi connectivity index (χ4n) is 5.16. The van der Waals surface area contributed by atoms with Crippen LogP contribution in [0.1, 0.15) is 76.8 Å². The van der Waals surface area contributed by atoms with Crippen molar-refractivity contribution in [1.29, 1.82) is 0 Å². The summed E-state index contributed by atoms with van der Waals surface area (Å²) in [7, 11) is 0. The molecule has 1 aromatic carbocycles. The topological polar surface area (TPSA) is 92.5 Å². The van der Waals surface area contributed by atoms with Crippen LogP contribution in [0.3, 0.4) is 0 Å². The molecule has 1 aromatic heterocycles. The zero-order valence-electron chi connectivity index (χ0n) is 20.6. The highest BCUT2D eigenvalue weighted by Crippen LogP contribution is 2.45. The number of nitrogens with zero attached hydrogens (tertiary/aromatic N) is 1. The largest absolute Gasteiger partial charge is 0.369 e. The second kappa shape index (κ2) is 9.53. The van der Waals surface area contributed by atoms with Crippen LogP contribution < -0.4 is 11.1 Å². The summed E-state index contributed by atoms with van der Waals surface area (Å²) in [4.78, 5) is 41.5. The van der Waals surface area contributed by atoms with Crippen molar-refractivity contribution in [3.8, 4) is 0 Å². The molecule has 182 valence electrons. The Morgan fingerprint density at radius 1 is 1.09 bits per heavy atom. The number of amides is 3. The Bertz CT molecular complexity index is 1110. The lowest BCUT2D eigenvalue weighted by Crippen LogP contribution is -2.42. The Balaban J connectivity index is 1.66. The van der Waals surface area contributed by atoms with Crippen molar-refractivity contribution in [2.45, 2.75) is 59.8 Å². The van der Waals surface area contributed by atoms with E-state index in [1.807, 2.05) is 36.1 Å². The van der Waals surface area contributed by atoms with Crippen LogP contribution in [0.25, 0.3) is 0 Å². The van der Waals surface area contributed by atoms with E-state index in [9.17, 15) is 14.4 Å². The summed E-state index contributed by atoms with van der Waals surface area (Å²) in [5.74, 6) is -0.166. The number of anilines is 1. The minimum absolute atomic E-state index is 0.0466. The number of piperidine rings is 1. The summed E-state index contributed by atoms with van der Waals surface area (Å²) in [5, 5.41) is 3.73. The number of aryl methyl sites for hydroxylation is 1. The van der Waals surface area contributed by atoms with Gasteiger partial charge in [-0.25, -0.2) is 0 Å². The van der Waals surface area contributed by atoms with Crippen LogP contribution in [0.5, 0.6) is 0 Å². The SMILES string of the molecule is Cc1ccccc1C(=O)Nc1sc2c(c1C(=O)N1CCC(C(N)=O)CC1)CCC(C(C)(C)C)C2. The predicted octanol–water partition coefficient (Wildman–Crippen LogP) is 4.80. The molecule has 1 aliphatic heterocycles. The predicted molar refractivity (Wildman–Crippen MR) is 136 cm³/mol. The molecule has 4 rings (SSSR count). The molecule has 6 nitrogen and oxygen atoms in total. The van der Waals surface area contributed by atoms with Crippen molar-refractivity contribution >= 4 is 34.1 Å². The number of thiophene rings is 1. The molecule has 1 aliphatic carbocycles. The third kappa shape index (κ3) is 4.90. The molecule has 1 unspecified atom stereocenters. The molecule has 2 aliphatic rings. The van der Waals surface area contributed by atoms with Gasteiger partial charge in [-0.3, -0.25) is 14.4 Å². The third-order valence-corrected chi connectivity index (χ3v) is 8.67. The van der Waals surface area contributed by atoms with Crippen LogP contribution in [-0.2, 0) is 17.6 Å². The first-order chi connectivity index (χ1) is 16.1. The molecule has 0 radical (unpaired) electrons. The average molecular weight is 482 g/mol. The summed E-state index contributed by atoms with van der Waals surface area (Å²) in [5.41, 5.74) is 8.92. The van der Waals surface area contributed by atoms with Gasteiger partial charge in [0.25, 0.3) is 11.8 Å². The molecule has 0 saturated carbocycles. The van der Waals surface area contributed by atoms with Gasteiger partial charge < -0.3 is 16.0 Å². The van der Waals surface area contributed by atoms with Crippen molar-refractivity contribution in [3.63, 3.8) is 0 Å². The first kappa shape index (κ1) is 24.5. The van der Waals surface area contributed by atoms with Crippen LogP contribution in [0.4, 0.5) is 5.00 Å². The molecular weight excluding hydrogens is 446 g/mol. The van der Waals surface area contributed by atoms with E-state index in [4.69, 9.17) is 5.73 Å². The van der Waals surface area contributed by atoms with Gasteiger partial charge in [-0.05, 0) is 67.6 Å². The number of benzene rings is 1. The fraction of sp³-hybridized carbons (Fsp3) is 0.519. The van der Waals surface area contributed by atoms with Gasteiger partial charge in [0.1, 0.15) is 5.00 Å². The van der Waals surface area contributed by atoms with Gasteiger partial charge in [0.15, 0.2) is 0 Å². The van der Waals surface area contributed by atoms with E-state index in [2.05, 4.69) is 26.1 Å². The fourth-order valence-corrected chi connectivity index (χ4v) is 6.48. The van der Waals surface area contributed by atoms with Gasteiger partial charge >= 0.3 is 0 Å². The van der Waals surface area contributed by atoms with Gasteiger partial charge in [0.2, 0.25) is 5.91 Å². The zero-order valence-corrected chi connectivity index (χ0v) is 21.4. The molecular formula is C27H35N3O3S. The van der Waals surface area contributed by atoms with Gasteiger partial charge in [-0.1, -0.05) is 39.0 Å². The minimum atomic E-state index is -0.292. The van der Waals surface area contributed by atoms with E-state index in [0.717, 1.165) is 30.4 Å². The number of nitrogens with two attached hydrogens (primary N) is 1. The van der Waals surface area contributed by atoms with Gasteiger partial charge in [-0.15, -0.1) is 11.3 Å². The lowest BCUT2D eigenvalue weighted by Gasteiger charge is -2.34. The first-order valence-corrected chi connectivity index (χ1v) is 13.0. The first-order valence-electron chi connectivity index (χ1n) is 12.2. The Labute approximate surface area is 205 Å². The number of carbonyl (C=O) groups excluding carboxylic acids is 3. The van der Waals surface area contributed by atoms with Crippen LogP contribution in [0.2, 0.25) is 0 Å². The van der Waals surface area contributed by atoms with Gasteiger partial charge in [0.05, 0.1) is 5.56 Å². The summed E-state index contributed by atoms with van der Waals surface area (Å²) in [6.07, 6.45) is 3.97. The molecule has 3 amide bonds. The lowest BCUT2D eigenvalue weighted by atomic mass is 9.72. The molecule has 1 atom stereocenters. The van der Waals surface area contributed by atoms with E-state index in [0.29, 0.717) is 48.0 Å². The Morgan fingerprint density at radius 3 is 2.38 bits per heavy atom. The molecule has 2 aromatic rings. The number of rotatable bonds is 4.